The van der Waals surface area contributed by atoms with Crippen LogP contribution in [-0.2, 0) is 0 Å². The predicted octanol–water partition coefficient (Wildman–Crippen LogP) is 1.30. The lowest BCUT2D eigenvalue weighted by Gasteiger charge is -2.01. The first-order valence-corrected chi connectivity index (χ1v) is 3.06. The van der Waals surface area contributed by atoms with E-state index in [2.05, 4.69) is 11.6 Å². The van der Waals surface area contributed by atoms with Gasteiger partial charge in [-0.15, -0.1) is 6.58 Å². The van der Waals surface area contributed by atoms with Gasteiger partial charge in [-0.3, -0.25) is 4.98 Å². The molecule has 0 bridgehead atoms. The first-order chi connectivity index (χ1) is 4.84. The van der Waals surface area contributed by atoms with Crippen LogP contribution in [0, 0.1) is 0 Å². The van der Waals surface area contributed by atoms with Gasteiger partial charge in [0, 0.05) is 6.20 Å². The van der Waals surface area contributed by atoms with E-state index >= 15 is 0 Å². The van der Waals surface area contributed by atoms with Gasteiger partial charge in [0.2, 0.25) is 0 Å². The van der Waals surface area contributed by atoms with Crippen LogP contribution in [0.5, 0.6) is 0 Å². The summed E-state index contributed by atoms with van der Waals surface area (Å²) in [6, 6.07) is 5.39. The van der Waals surface area contributed by atoms with Crippen LogP contribution < -0.4 is 0 Å². The van der Waals surface area contributed by atoms with Crippen molar-refractivity contribution in [2.75, 3.05) is 0 Å². The lowest BCUT2D eigenvalue weighted by Crippen LogP contribution is -1.94. The van der Waals surface area contributed by atoms with E-state index in [1.54, 1.807) is 18.3 Å². The van der Waals surface area contributed by atoms with Crippen LogP contribution in [0.3, 0.4) is 0 Å². The van der Waals surface area contributed by atoms with Gasteiger partial charge in [0.05, 0.1) is 5.69 Å². The second-order valence-electron chi connectivity index (χ2n) is 1.94. The summed E-state index contributed by atoms with van der Waals surface area (Å²) in [4.78, 5) is 3.93. The zero-order chi connectivity index (χ0) is 7.40. The summed E-state index contributed by atoms with van der Waals surface area (Å²) in [7, 11) is 0. The number of hydrogen-bond donors (Lipinski definition) is 1. The number of hydrogen-bond acceptors (Lipinski definition) is 2. The topological polar surface area (TPSA) is 33.1 Å². The molecular formula is C8H9NO. The van der Waals surface area contributed by atoms with Crippen LogP contribution in [-0.4, -0.2) is 10.1 Å². The molecule has 1 heterocycles. The van der Waals surface area contributed by atoms with Crippen molar-refractivity contribution in [3.8, 4) is 0 Å². The quantitative estimate of drug-likeness (QED) is 0.620. The van der Waals surface area contributed by atoms with Crippen LogP contribution in [0.15, 0.2) is 37.1 Å². The van der Waals surface area contributed by atoms with Gasteiger partial charge in [0.15, 0.2) is 0 Å². The minimum atomic E-state index is -0.638. The Balaban J connectivity index is 2.84. The predicted molar refractivity (Wildman–Crippen MR) is 39.4 cm³/mol. The third kappa shape index (κ3) is 1.42. The molecule has 1 aromatic rings. The van der Waals surface area contributed by atoms with Crippen molar-refractivity contribution < 1.29 is 5.11 Å². The lowest BCUT2D eigenvalue weighted by molar-refractivity contribution is 0.224. The summed E-state index contributed by atoms with van der Waals surface area (Å²) in [6.07, 6.45) is 2.45. The van der Waals surface area contributed by atoms with E-state index in [-0.39, 0.29) is 0 Å². The van der Waals surface area contributed by atoms with E-state index in [9.17, 15) is 0 Å². The minimum Gasteiger partial charge on any atom is -0.383 e. The van der Waals surface area contributed by atoms with E-state index in [1.807, 2.05) is 6.07 Å². The van der Waals surface area contributed by atoms with Crippen LogP contribution >= 0.6 is 0 Å². The first-order valence-electron chi connectivity index (χ1n) is 3.06. The van der Waals surface area contributed by atoms with Crippen LogP contribution in [0.4, 0.5) is 0 Å². The number of aliphatic hydroxyl groups is 1. The Hall–Kier alpha value is -1.15. The zero-order valence-corrected chi connectivity index (χ0v) is 5.57. The molecule has 52 valence electrons. The third-order valence-corrected chi connectivity index (χ3v) is 1.21. The summed E-state index contributed by atoms with van der Waals surface area (Å²) in [5, 5.41) is 9.15. The Bertz CT molecular complexity index is 208. The second-order valence-corrected chi connectivity index (χ2v) is 1.94. The van der Waals surface area contributed by atoms with Crippen molar-refractivity contribution in [1.29, 1.82) is 0 Å². The monoisotopic (exact) mass is 135 g/mol. The van der Waals surface area contributed by atoms with Gasteiger partial charge in [0.25, 0.3) is 0 Å². The summed E-state index contributed by atoms with van der Waals surface area (Å²) in [5.41, 5.74) is 0.637. The van der Waals surface area contributed by atoms with Crippen molar-refractivity contribution in [3.05, 3.63) is 42.7 Å². The van der Waals surface area contributed by atoms with Gasteiger partial charge >= 0.3 is 0 Å². The van der Waals surface area contributed by atoms with Gasteiger partial charge in [-0.25, -0.2) is 0 Å². The molecule has 0 radical (unpaired) electrons. The molecule has 0 spiro atoms. The molecule has 0 aromatic carbocycles. The van der Waals surface area contributed by atoms with E-state index in [4.69, 9.17) is 5.11 Å². The Labute approximate surface area is 59.9 Å². The van der Waals surface area contributed by atoms with Crippen molar-refractivity contribution >= 4 is 0 Å². The Kier molecular flexibility index (Phi) is 2.18. The number of pyridine rings is 1. The molecule has 1 aromatic heterocycles. The maximum absolute atomic E-state index is 9.15. The molecule has 0 fully saturated rings. The maximum Gasteiger partial charge on any atom is 0.114 e. The molecule has 1 atom stereocenters. The fourth-order valence-electron chi connectivity index (χ4n) is 0.672. The Morgan fingerprint density at radius 2 is 2.40 bits per heavy atom. The largest absolute Gasteiger partial charge is 0.383 e. The van der Waals surface area contributed by atoms with Gasteiger partial charge in [-0.1, -0.05) is 12.1 Å². The molecule has 2 nitrogen and oxygen atoms in total. The molecule has 2 heteroatoms. The normalized spacial score (nSPS) is 12.5. The highest BCUT2D eigenvalue weighted by Crippen LogP contribution is 2.07. The van der Waals surface area contributed by atoms with Crippen molar-refractivity contribution in [2.24, 2.45) is 0 Å². The van der Waals surface area contributed by atoms with Crippen molar-refractivity contribution in [3.63, 3.8) is 0 Å². The lowest BCUT2D eigenvalue weighted by atomic mass is 10.2. The second kappa shape index (κ2) is 3.13. The molecule has 1 unspecified atom stereocenters. The van der Waals surface area contributed by atoms with Crippen molar-refractivity contribution in [2.45, 2.75) is 6.10 Å². The molecule has 0 aliphatic heterocycles. The number of aliphatic hydroxyl groups excluding tert-OH is 1. The number of aromatic nitrogens is 1. The molecule has 0 amide bonds. The van der Waals surface area contributed by atoms with Gasteiger partial charge in [-0.2, -0.15) is 0 Å². The fraction of sp³-hybridized carbons (Fsp3) is 0.125. The number of nitrogens with zero attached hydrogens (tertiary/aromatic N) is 1. The standard InChI is InChI=1S/C8H9NO/c1-2-8(10)7-5-3-4-6-9-7/h2-6,8,10H,1H2. The molecule has 0 aliphatic carbocycles. The smallest absolute Gasteiger partial charge is 0.114 e. The molecule has 10 heavy (non-hydrogen) atoms. The average Bonchev–Trinajstić information content (AvgIpc) is 2.05. The highest BCUT2D eigenvalue weighted by Gasteiger charge is 2.00. The van der Waals surface area contributed by atoms with E-state index in [1.165, 1.54) is 6.08 Å². The summed E-state index contributed by atoms with van der Waals surface area (Å²) < 4.78 is 0. The maximum atomic E-state index is 9.15. The van der Waals surface area contributed by atoms with Crippen molar-refractivity contribution in [1.82, 2.24) is 4.98 Å². The Morgan fingerprint density at radius 1 is 1.60 bits per heavy atom. The molecular weight excluding hydrogens is 126 g/mol. The van der Waals surface area contributed by atoms with Crippen LogP contribution in [0.25, 0.3) is 0 Å². The van der Waals surface area contributed by atoms with Gasteiger partial charge in [-0.05, 0) is 12.1 Å². The highest BCUT2D eigenvalue weighted by molar-refractivity contribution is 5.10. The fourth-order valence-corrected chi connectivity index (χ4v) is 0.672. The van der Waals surface area contributed by atoms with E-state index < -0.39 is 6.10 Å². The zero-order valence-electron chi connectivity index (χ0n) is 5.57. The molecule has 0 saturated carbocycles. The molecule has 0 saturated heterocycles. The van der Waals surface area contributed by atoms with E-state index in [0.29, 0.717) is 5.69 Å². The summed E-state index contributed by atoms with van der Waals surface area (Å²) in [6.45, 7) is 3.45. The molecule has 0 aliphatic rings. The molecule has 1 rings (SSSR count). The third-order valence-electron chi connectivity index (χ3n) is 1.21. The average molecular weight is 135 g/mol. The van der Waals surface area contributed by atoms with Crippen LogP contribution in [0.2, 0.25) is 0 Å². The van der Waals surface area contributed by atoms with Crippen LogP contribution in [0.1, 0.15) is 11.8 Å². The first kappa shape index (κ1) is 6.96. The summed E-state index contributed by atoms with van der Waals surface area (Å²) >= 11 is 0. The minimum absolute atomic E-state index is 0.637. The van der Waals surface area contributed by atoms with Gasteiger partial charge < -0.3 is 5.11 Å². The molecule has 1 N–H and O–H groups in total. The summed E-state index contributed by atoms with van der Waals surface area (Å²) in [5.74, 6) is 0. The van der Waals surface area contributed by atoms with E-state index in [0.717, 1.165) is 0 Å². The SMILES string of the molecule is C=CC(O)c1ccccn1. The number of rotatable bonds is 2. The highest BCUT2D eigenvalue weighted by atomic mass is 16.3. The Morgan fingerprint density at radius 3 is 2.90 bits per heavy atom. The van der Waals surface area contributed by atoms with Gasteiger partial charge in [0.1, 0.15) is 6.10 Å².